The van der Waals surface area contributed by atoms with Gasteiger partial charge in [0.2, 0.25) is 0 Å². The topological polar surface area (TPSA) is 64.3 Å². The summed E-state index contributed by atoms with van der Waals surface area (Å²) >= 11 is 1.55. The van der Waals surface area contributed by atoms with Crippen LogP contribution >= 0.6 is 11.3 Å². The van der Waals surface area contributed by atoms with Crippen LogP contribution in [0, 0.1) is 0 Å². The predicted octanol–water partition coefficient (Wildman–Crippen LogP) is 2.70. The monoisotopic (exact) mass is 258 g/mol. The molecule has 1 aliphatic rings. The number of nitrogen functional groups attached to an aromatic ring is 1. The van der Waals surface area contributed by atoms with E-state index in [1.165, 1.54) is 0 Å². The zero-order chi connectivity index (χ0) is 12.5. The highest BCUT2D eigenvalue weighted by atomic mass is 32.1. The summed E-state index contributed by atoms with van der Waals surface area (Å²) in [6.07, 6.45) is 1.72. The van der Waals surface area contributed by atoms with Crippen LogP contribution in [0.15, 0.2) is 41.5 Å². The van der Waals surface area contributed by atoms with Gasteiger partial charge >= 0.3 is 0 Å². The fraction of sp³-hybridized carbons (Fsp3) is 0. The molecular formula is C13H10N2O2S. The second-order valence-electron chi connectivity index (χ2n) is 3.84. The second-order valence-corrected chi connectivity index (χ2v) is 4.82. The first-order valence-corrected chi connectivity index (χ1v) is 6.24. The standard InChI is InChI=1S/C13H10N2O2S/c14-8-3-4-11-10(6-8)15-13(16)12(17-11)7-9-2-1-5-18-9/h1-7H,14H2,(H,15,16)/b12-7+. The Balaban J connectivity index is 1.97. The summed E-state index contributed by atoms with van der Waals surface area (Å²) < 4.78 is 5.57. The van der Waals surface area contributed by atoms with E-state index in [1.54, 1.807) is 35.6 Å². The summed E-state index contributed by atoms with van der Waals surface area (Å²) in [6, 6.07) is 9.00. The molecule has 1 aromatic heterocycles. The maximum absolute atomic E-state index is 11.9. The van der Waals surface area contributed by atoms with Crippen molar-refractivity contribution in [2.75, 3.05) is 11.1 Å². The number of nitrogens with one attached hydrogen (secondary N) is 1. The van der Waals surface area contributed by atoms with Crippen molar-refractivity contribution in [3.63, 3.8) is 0 Å². The van der Waals surface area contributed by atoms with Gasteiger partial charge in [0.25, 0.3) is 5.91 Å². The molecule has 1 aromatic carbocycles. The minimum Gasteiger partial charge on any atom is -0.449 e. The molecule has 3 rings (SSSR count). The van der Waals surface area contributed by atoms with Gasteiger partial charge in [0.1, 0.15) is 0 Å². The molecule has 0 bridgehead atoms. The van der Waals surface area contributed by atoms with E-state index < -0.39 is 0 Å². The van der Waals surface area contributed by atoms with E-state index in [2.05, 4.69) is 5.32 Å². The molecule has 0 fully saturated rings. The molecule has 90 valence electrons. The van der Waals surface area contributed by atoms with E-state index in [1.807, 2.05) is 17.5 Å². The van der Waals surface area contributed by atoms with Crippen molar-refractivity contribution in [3.05, 3.63) is 46.3 Å². The van der Waals surface area contributed by atoms with Gasteiger partial charge in [-0.15, -0.1) is 11.3 Å². The van der Waals surface area contributed by atoms with Gasteiger partial charge in [0, 0.05) is 16.6 Å². The fourth-order valence-corrected chi connectivity index (χ4v) is 2.33. The zero-order valence-electron chi connectivity index (χ0n) is 9.34. The number of carbonyl (C=O) groups is 1. The van der Waals surface area contributed by atoms with Gasteiger partial charge in [-0.1, -0.05) is 6.07 Å². The second kappa shape index (κ2) is 4.19. The van der Waals surface area contributed by atoms with Crippen LogP contribution in [-0.4, -0.2) is 5.91 Å². The molecule has 0 atom stereocenters. The number of thiophene rings is 1. The number of hydrogen-bond acceptors (Lipinski definition) is 4. The summed E-state index contributed by atoms with van der Waals surface area (Å²) in [5.41, 5.74) is 6.84. The van der Waals surface area contributed by atoms with E-state index in [9.17, 15) is 4.79 Å². The molecule has 1 aliphatic heterocycles. The van der Waals surface area contributed by atoms with E-state index >= 15 is 0 Å². The highest BCUT2D eigenvalue weighted by Crippen LogP contribution is 2.33. The molecular weight excluding hydrogens is 248 g/mol. The molecule has 18 heavy (non-hydrogen) atoms. The van der Waals surface area contributed by atoms with Gasteiger partial charge in [-0.3, -0.25) is 4.79 Å². The van der Waals surface area contributed by atoms with Crippen molar-refractivity contribution >= 4 is 34.7 Å². The summed E-state index contributed by atoms with van der Waals surface area (Å²) in [5.74, 6) is 0.628. The maximum atomic E-state index is 11.9. The molecule has 0 unspecified atom stereocenters. The van der Waals surface area contributed by atoms with Gasteiger partial charge in [0.15, 0.2) is 11.5 Å². The molecule has 2 aromatic rings. The highest BCUT2D eigenvalue weighted by molar-refractivity contribution is 7.10. The lowest BCUT2D eigenvalue weighted by Crippen LogP contribution is -2.23. The Labute approximate surface area is 108 Å². The Hall–Kier alpha value is -2.27. The van der Waals surface area contributed by atoms with E-state index in [0.29, 0.717) is 17.1 Å². The number of fused-ring (bicyclic) bond motifs is 1. The van der Waals surface area contributed by atoms with Crippen LogP contribution in [0.5, 0.6) is 5.75 Å². The van der Waals surface area contributed by atoms with Crippen LogP contribution in [0.4, 0.5) is 11.4 Å². The van der Waals surface area contributed by atoms with Crippen LogP contribution in [-0.2, 0) is 4.79 Å². The average Bonchev–Trinajstić information content (AvgIpc) is 2.83. The van der Waals surface area contributed by atoms with Gasteiger partial charge in [0.05, 0.1) is 5.69 Å². The number of rotatable bonds is 1. The third-order valence-corrected chi connectivity index (χ3v) is 3.33. The molecule has 2 heterocycles. The minimum atomic E-state index is -0.262. The van der Waals surface area contributed by atoms with Crippen molar-refractivity contribution in [1.29, 1.82) is 0 Å². The lowest BCUT2D eigenvalue weighted by molar-refractivity contribution is -0.115. The van der Waals surface area contributed by atoms with Crippen molar-refractivity contribution in [2.45, 2.75) is 0 Å². The van der Waals surface area contributed by atoms with E-state index in [-0.39, 0.29) is 11.7 Å². The van der Waals surface area contributed by atoms with Crippen molar-refractivity contribution in [1.82, 2.24) is 0 Å². The summed E-state index contributed by atoms with van der Waals surface area (Å²) in [4.78, 5) is 12.8. The first-order chi connectivity index (χ1) is 8.72. The minimum absolute atomic E-state index is 0.262. The SMILES string of the molecule is Nc1ccc2c(c1)NC(=O)/C(=C\c1cccs1)O2. The van der Waals surface area contributed by atoms with Crippen molar-refractivity contribution in [3.8, 4) is 5.75 Å². The number of nitrogens with two attached hydrogens (primary N) is 1. The highest BCUT2D eigenvalue weighted by Gasteiger charge is 2.22. The number of ether oxygens (including phenoxy) is 1. The third kappa shape index (κ3) is 1.96. The molecule has 0 saturated heterocycles. The quantitative estimate of drug-likeness (QED) is 0.610. The Bertz CT molecular complexity index is 632. The smallest absolute Gasteiger partial charge is 0.291 e. The maximum Gasteiger partial charge on any atom is 0.291 e. The van der Waals surface area contributed by atoms with Crippen molar-refractivity contribution < 1.29 is 9.53 Å². The van der Waals surface area contributed by atoms with Crippen LogP contribution < -0.4 is 15.8 Å². The number of anilines is 2. The lowest BCUT2D eigenvalue weighted by atomic mass is 10.2. The normalized spacial score (nSPS) is 16.0. The summed E-state index contributed by atoms with van der Waals surface area (Å²) in [6.45, 7) is 0. The molecule has 0 spiro atoms. The Morgan fingerprint density at radius 2 is 2.22 bits per heavy atom. The largest absolute Gasteiger partial charge is 0.449 e. The molecule has 3 N–H and O–H groups in total. The van der Waals surface area contributed by atoms with E-state index in [0.717, 1.165) is 4.88 Å². The number of hydrogen-bond donors (Lipinski definition) is 2. The van der Waals surface area contributed by atoms with Gasteiger partial charge in [-0.25, -0.2) is 0 Å². The van der Waals surface area contributed by atoms with Crippen LogP contribution in [0.3, 0.4) is 0 Å². The third-order valence-electron chi connectivity index (χ3n) is 2.51. The van der Waals surface area contributed by atoms with Gasteiger partial charge in [-0.2, -0.15) is 0 Å². The van der Waals surface area contributed by atoms with Crippen LogP contribution in [0.25, 0.3) is 6.08 Å². The Morgan fingerprint density at radius 1 is 1.33 bits per heavy atom. The van der Waals surface area contributed by atoms with Crippen molar-refractivity contribution in [2.24, 2.45) is 0 Å². The number of carbonyl (C=O) groups excluding carboxylic acids is 1. The number of amides is 1. The van der Waals surface area contributed by atoms with Gasteiger partial charge in [-0.05, 0) is 29.6 Å². The molecule has 0 saturated carbocycles. The average molecular weight is 258 g/mol. The first kappa shape index (κ1) is 10.9. The predicted molar refractivity (Wildman–Crippen MR) is 72.4 cm³/mol. The number of benzene rings is 1. The fourth-order valence-electron chi connectivity index (χ4n) is 1.68. The first-order valence-electron chi connectivity index (χ1n) is 5.36. The lowest BCUT2D eigenvalue weighted by Gasteiger charge is -2.19. The van der Waals surface area contributed by atoms with E-state index in [4.69, 9.17) is 10.5 Å². The molecule has 5 heteroatoms. The molecule has 1 amide bonds. The molecule has 0 aliphatic carbocycles. The zero-order valence-corrected chi connectivity index (χ0v) is 10.2. The molecule has 0 radical (unpaired) electrons. The summed E-state index contributed by atoms with van der Waals surface area (Å²) in [7, 11) is 0. The van der Waals surface area contributed by atoms with Crippen LogP contribution in [0.2, 0.25) is 0 Å². The van der Waals surface area contributed by atoms with Crippen LogP contribution in [0.1, 0.15) is 4.88 Å². The summed E-state index contributed by atoms with van der Waals surface area (Å²) in [5, 5.41) is 4.70. The van der Waals surface area contributed by atoms with Gasteiger partial charge < -0.3 is 15.8 Å². The Kier molecular flexibility index (Phi) is 2.53. The Morgan fingerprint density at radius 3 is 3.00 bits per heavy atom. The molecule has 4 nitrogen and oxygen atoms in total.